The molecule has 0 spiro atoms. The van der Waals surface area contributed by atoms with Crippen LogP contribution in [0, 0.1) is 5.92 Å². The molecule has 0 rings (SSSR count). The van der Waals surface area contributed by atoms with Crippen molar-refractivity contribution < 1.29 is 0 Å². The van der Waals surface area contributed by atoms with Crippen LogP contribution in [0.4, 0.5) is 0 Å². The largest absolute Gasteiger partial charge is 0.315 e. The topological polar surface area (TPSA) is 15.3 Å². The van der Waals surface area contributed by atoms with E-state index in [0.29, 0.717) is 24.0 Å². The number of nitrogens with zero attached hydrogens (tertiary/aromatic N) is 1. The van der Waals surface area contributed by atoms with E-state index in [1.807, 2.05) is 0 Å². The highest BCUT2D eigenvalue weighted by molar-refractivity contribution is 5.08. The van der Waals surface area contributed by atoms with Gasteiger partial charge in [-0.25, -0.2) is 0 Å². The molecule has 0 aromatic rings. The van der Waals surface area contributed by atoms with E-state index in [0.717, 1.165) is 6.54 Å². The minimum atomic E-state index is 0.527. The summed E-state index contributed by atoms with van der Waals surface area (Å²) in [7, 11) is 2.23. The highest BCUT2D eigenvalue weighted by Crippen LogP contribution is 2.22. The summed E-state index contributed by atoms with van der Waals surface area (Å²) < 4.78 is 0. The smallest absolute Gasteiger partial charge is 0.0307 e. The van der Waals surface area contributed by atoms with Gasteiger partial charge in [0, 0.05) is 18.1 Å². The van der Waals surface area contributed by atoms with E-state index >= 15 is 0 Å². The van der Waals surface area contributed by atoms with E-state index in [-0.39, 0.29) is 0 Å². The Bertz CT molecular complexity index is 244. The molecule has 1 atom stereocenters. The van der Waals surface area contributed by atoms with Gasteiger partial charge in [0.2, 0.25) is 0 Å². The summed E-state index contributed by atoms with van der Waals surface area (Å²) in [5, 5.41) is 3.49. The molecule has 0 saturated carbocycles. The Labute approximate surface area is 121 Å². The molecule has 0 aliphatic rings. The van der Waals surface area contributed by atoms with Crippen molar-refractivity contribution in [1.82, 2.24) is 10.2 Å². The van der Waals surface area contributed by atoms with Gasteiger partial charge in [0.1, 0.15) is 0 Å². The molecule has 0 heterocycles. The van der Waals surface area contributed by atoms with Crippen LogP contribution >= 0.6 is 0 Å². The summed E-state index contributed by atoms with van der Waals surface area (Å²) in [5.74, 6) is 0.569. The Morgan fingerprint density at radius 1 is 1.05 bits per heavy atom. The first-order chi connectivity index (χ1) is 8.77. The quantitative estimate of drug-likeness (QED) is 0.474. The molecule has 0 amide bonds. The van der Waals surface area contributed by atoms with Gasteiger partial charge in [0.25, 0.3) is 0 Å². The summed E-state index contributed by atoms with van der Waals surface area (Å²) in [6.45, 7) is 18.9. The third-order valence-corrected chi connectivity index (χ3v) is 3.93. The lowest BCUT2D eigenvalue weighted by molar-refractivity contribution is 0.200. The Balaban J connectivity index is 4.25. The summed E-state index contributed by atoms with van der Waals surface area (Å²) in [6, 6.07) is 1.70. The summed E-state index contributed by atoms with van der Waals surface area (Å²) in [6.07, 6.45) is 3.75. The third kappa shape index (κ3) is 7.74. The van der Waals surface area contributed by atoms with Crippen LogP contribution in [0.2, 0.25) is 0 Å². The van der Waals surface area contributed by atoms with E-state index in [1.165, 1.54) is 24.8 Å². The van der Waals surface area contributed by atoms with E-state index in [1.54, 1.807) is 0 Å². The van der Waals surface area contributed by atoms with Crippen LogP contribution in [0.3, 0.4) is 0 Å². The molecule has 0 aromatic carbocycles. The second kappa shape index (κ2) is 9.55. The maximum atomic E-state index is 4.33. The molecule has 1 unspecified atom stereocenters. The lowest BCUT2D eigenvalue weighted by atomic mass is 9.92. The molecule has 0 aromatic heterocycles. The summed E-state index contributed by atoms with van der Waals surface area (Å²) in [5.41, 5.74) is 1.38. The van der Waals surface area contributed by atoms with Gasteiger partial charge in [-0.15, -0.1) is 0 Å². The molecule has 0 bridgehead atoms. The molecule has 0 aliphatic heterocycles. The molecule has 2 nitrogen and oxygen atoms in total. The molecule has 2 heteroatoms. The number of hydrogen-bond donors (Lipinski definition) is 1. The minimum absolute atomic E-state index is 0.527. The second-order valence-electron chi connectivity index (χ2n) is 6.61. The van der Waals surface area contributed by atoms with Gasteiger partial charge < -0.3 is 5.32 Å². The van der Waals surface area contributed by atoms with Crippen LogP contribution in [0.5, 0.6) is 0 Å². The highest BCUT2D eigenvalue weighted by Gasteiger charge is 2.21. The maximum absolute atomic E-state index is 4.33. The first kappa shape index (κ1) is 18.7. The van der Waals surface area contributed by atoms with Crippen LogP contribution < -0.4 is 5.32 Å². The lowest BCUT2D eigenvalue weighted by Gasteiger charge is -2.34. The molecule has 0 fully saturated rings. The van der Waals surface area contributed by atoms with Crippen molar-refractivity contribution in [3.8, 4) is 0 Å². The second-order valence-corrected chi connectivity index (χ2v) is 6.61. The number of rotatable bonds is 10. The number of nitrogens with one attached hydrogen (secondary N) is 1. The standard InChI is InChI=1S/C17H36N2/c1-13(2)16(7)17(19(8)15(5)6)11-9-10-12-18-14(3)4/h13-15,17-18H,7,9-12H2,1-6,8H3. The van der Waals surface area contributed by atoms with E-state index < -0.39 is 0 Å². The highest BCUT2D eigenvalue weighted by atomic mass is 15.1. The van der Waals surface area contributed by atoms with E-state index in [4.69, 9.17) is 0 Å². The van der Waals surface area contributed by atoms with Gasteiger partial charge in [-0.05, 0) is 46.2 Å². The zero-order valence-electron chi connectivity index (χ0n) is 14.3. The monoisotopic (exact) mass is 268 g/mol. The fourth-order valence-electron chi connectivity index (χ4n) is 2.25. The molecule has 114 valence electrons. The number of unbranched alkanes of at least 4 members (excludes halogenated alkanes) is 1. The van der Waals surface area contributed by atoms with Crippen LogP contribution in [-0.2, 0) is 0 Å². The third-order valence-electron chi connectivity index (χ3n) is 3.93. The average molecular weight is 268 g/mol. The molecular weight excluding hydrogens is 232 g/mol. The fourth-order valence-corrected chi connectivity index (χ4v) is 2.25. The van der Waals surface area contributed by atoms with Gasteiger partial charge in [-0.1, -0.05) is 46.3 Å². The van der Waals surface area contributed by atoms with Crippen molar-refractivity contribution in [2.45, 2.75) is 78.9 Å². The van der Waals surface area contributed by atoms with Crippen molar-refractivity contribution in [3.05, 3.63) is 12.2 Å². The minimum Gasteiger partial charge on any atom is -0.315 e. The maximum Gasteiger partial charge on any atom is 0.0307 e. The Morgan fingerprint density at radius 2 is 1.63 bits per heavy atom. The molecule has 1 N–H and O–H groups in total. The Hall–Kier alpha value is -0.340. The number of likely N-dealkylation sites (N-methyl/N-ethyl adjacent to an activating group) is 1. The van der Waals surface area contributed by atoms with Gasteiger partial charge in [0.05, 0.1) is 0 Å². The van der Waals surface area contributed by atoms with Crippen molar-refractivity contribution in [2.75, 3.05) is 13.6 Å². The lowest BCUT2D eigenvalue weighted by Crippen LogP contribution is -2.39. The van der Waals surface area contributed by atoms with Crippen LogP contribution in [0.15, 0.2) is 12.2 Å². The molecule has 0 aliphatic carbocycles. The van der Waals surface area contributed by atoms with Crippen LogP contribution in [-0.4, -0.2) is 36.6 Å². The van der Waals surface area contributed by atoms with Gasteiger partial charge >= 0.3 is 0 Å². The Morgan fingerprint density at radius 3 is 2.05 bits per heavy atom. The van der Waals surface area contributed by atoms with Gasteiger partial charge in [-0.3, -0.25) is 4.90 Å². The zero-order chi connectivity index (χ0) is 15.0. The van der Waals surface area contributed by atoms with Crippen molar-refractivity contribution in [3.63, 3.8) is 0 Å². The SMILES string of the molecule is C=C(C(C)C)C(CCCCNC(C)C)N(C)C(C)C. The van der Waals surface area contributed by atoms with Crippen molar-refractivity contribution >= 4 is 0 Å². The molecule has 0 saturated heterocycles. The zero-order valence-corrected chi connectivity index (χ0v) is 14.3. The Kier molecular flexibility index (Phi) is 9.38. The number of hydrogen-bond acceptors (Lipinski definition) is 2. The fraction of sp³-hybridized carbons (Fsp3) is 0.882. The first-order valence-corrected chi connectivity index (χ1v) is 7.91. The summed E-state index contributed by atoms with van der Waals surface area (Å²) in [4.78, 5) is 2.47. The van der Waals surface area contributed by atoms with Crippen LogP contribution in [0.1, 0.15) is 60.8 Å². The molecule has 19 heavy (non-hydrogen) atoms. The van der Waals surface area contributed by atoms with Crippen LogP contribution in [0.25, 0.3) is 0 Å². The van der Waals surface area contributed by atoms with Gasteiger partial charge in [0.15, 0.2) is 0 Å². The van der Waals surface area contributed by atoms with E-state index in [2.05, 4.69) is 65.4 Å². The van der Waals surface area contributed by atoms with E-state index in [9.17, 15) is 0 Å². The summed E-state index contributed by atoms with van der Waals surface area (Å²) >= 11 is 0. The average Bonchev–Trinajstić information content (AvgIpc) is 2.31. The predicted molar refractivity (Wildman–Crippen MR) is 87.7 cm³/mol. The van der Waals surface area contributed by atoms with Gasteiger partial charge in [-0.2, -0.15) is 0 Å². The molecular formula is C17H36N2. The van der Waals surface area contributed by atoms with Crippen molar-refractivity contribution in [2.24, 2.45) is 5.92 Å². The van der Waals surface area contributed by atoms with Crippen molar-refractivity contribution in [1.29, 1.82) is 0 Å². The normalized spacial score (nSPS) is 13.8. The first-order valence-electron chi connectivity index (χ1n) is 7.91. The predicted octanol–water partition coefficient (Wildman–Crippen LogP) is 4.08. The molecule has 0 radical (unpaired) electrons.